The second-order valence-corrected chi connectivity index (χ2v) is 7.91. The third kappa shape index (κ3) is 3.90. The van der Waals surface area contributed by atoms with Gasteiger partial charge in [-0.3, -0.25) is 0 Å². The third-order valence-electron chi connectivity index (χ3n) is 3.72. The van der Waals surface area contributed by atoms with Crippen LogP contribution in [0.15, 0.2) is 91.0 Å². The second kappa shape index (κ2) is 7.90. The molecule has 24 heavy (non-hydrogen) atoms. The van der Waals surface area contributed by atoms with Crippen molar-refractivity contribution < 1.29 is 9.53 Å². The molecule has 0 spiro atoms. The van der Waals surface area contributed by atoms with Crippen LogP contribution in [0.1, 0.15) is 17.3 Å². The maximum absolute atomic E-state index is 12.4. The molecule has 3 aromatic rings. The summed E-state index contributed by atoms with van der Waals surface area (Å²) in [5.41, 5.74) is 0.584. The highest BCUT2D eigenvalue weighted by Gasteiger charge is 2.24. The molecule has 120 valence electrons. The van der Waals surface area contributed by atoms with E-state index in [-0.39, 0.29) is 11.8 Å². The first-order chi connectivity index (χ1) is 11.8. The molecule has 0 fully saturated rings. The quantitative estimate of drug-likeness (QED) is 0.513. The van der Waals surface area contributed by atoms with Crippen molar-refractivity contribution in [2.75, 3.05) is 0 Å². The van der Waals surface area contributed by atoms with Gasteiger partial charge in [-0.1, -0.05) is 78.9 Å². The predicted octanol–water partition coefficient (Wildman–Crippen LogP) is 4.32. The summed E-state index contributed by atoms with van der Waals surface area (Å²) < 4.78 is 5.80. The van der Waals surface area contributed by atoms with Gasteiger partial charge in [-0.15, -0.1) is 0 Å². The van der Waals surface area contributed by atoms with Crippen LogP contribution in [0.5, 0.6) is 0 Å². The highest BCUT2D eigenvalue weighted by molar-refractivity contribution is 7.73. The molecule has 1 unspecified atom stereocenters. The van der Waals surface area contributed by atoms with Crippen LogP contribution >= 0.6 is 7.92 Å². The molecule has 0 saturated carbocycles. The summed E-state index contributed by atoms with van der Waals surface area (Å²) in [6.45, 7) is 1.98. The van der Waals surface area contributed by atoms with Crippen LogP contribution in [0.2, 0.25) is 0 Å². The summed E-state index contributed by atoms with van der Waals surface area (Å²) in [6, 6.07) is 29.7. The zero-order valence-electron chi connectivity index (χ0n) is 13.5. The monoisotopic (exact) mass is 334 g/mol. The molecule has 0 aliphatic carbocycles. The largest absolute Gasteiger partial charge is 0.454 e. The number of esters is 1. The Morgan fingerprint density at radius 2 is 1.17 bits per heavy atom. The highest BCUT2D eigenvalue weighted by atomic mass is 31.1. The van der Waals surface area contributed by atoms with Gasteiger partial charge in [-0.2, -0.15) is 0 Å². The van der Waals surface area contributed by atoms with Crippen LogP contribution < -0.4 is 10.6 Å². The van der Waals surface area contributed by atoms with Crippen molar-refractivity contribution in [2.24, 2.45) is 0 Å². The molecule has 0 aromatic heterocycles. The van der Waals surface area contributed by atoms with E-state index in [4.69, 9.17) is 4.74 Å². The van der Waals surface area contributed by atoms with Gasteiger partial charge in [-0.25, -0.2) is 4.79 Å². The van der Waals surface area contributed by atoms with Crippen LogP contribution in [0, 0.1) is 0 Å². The van der Waals surface area contributed by atoms with Gasteiger partial charge in [0.05, 0.1) is 5.56 Å². The van der Waals surface area contributed by atoms with Crippen LogP contribution in [0.3, 0.4) is 0 Å². The summed E-state index contributed by atoms with van der Waals surface area (Å²) in [6.07, 6.45) is 0. The fraction of sp³-hybridized carbons (Fsp3) is 0.0952. The maximum atomic E-state index is 12.4. The van der Waals surface area contributed by atoms with Crippen molar-refractivity contribution in [3.05, 3.63) is 96.6 Å². The number of ether oxygens (including phenoxy) is 1. The van der Waals surface area contributed by atoms with Crippen molar-refractivity contribution in [1.82, 2.24) is 0 Å². The zero-order valence-corrected chi connectivity index (χ0v) is 14.4. The van der Waals surface area contributed by atoms with E-state index >= 15 is 0 Å². The Morgan fingerprint density at radius 1 is 0.750 bits per heavy atom. The number of carbonyl (C=O) groups excluding carboxylic acids is 1. The molecule has 0 aliphatic rings. The van der Waals surface area contributed by atoms with E-state index in [1.54, 1.807) is 12.1 Å². The van der Waals surface area contributed by atoms with Crippen molar-refractivity contribution in [1.29, 1.82) is 0 Å². The molecule has 0 bridgehead atoms. The van der Waals surface area contributed by atoms with E-state index in [1.807, 2.05) is 61.5 Å². The Balaban J connectivity index is 1.87. The molecule has 0 aliphatic heterocycles. The lowest BCUT2D eigenvalue weighted by Crippen LogP contribution is -2.24. The van der Waals surface area contributed by atoms with Gasteiger partial charge in [0, 0.05) is 0 Å². The third-order valence-corrected chi connectivity index (χ3v) is 6.26. The molecule has 0 radical (unpaired) electrons. The Morgan fingerprint density at radius 3 is 1.62 bits per heavy atom. The Bertz CT molecular complexity index is 733. The minimum atomic E-state index is -0.778. The SMILES string of the molecule is CC(OC(=O)c1ccccc1)P(c1ccccc1)c1ccccc1. The van der Waals surface area contributed by atoms with Crippen LogP contribution in [-0.4, -0.2) is 11.8 Å². The van der Waals surface area contributed by atoms with Gasteiger partial charge >= 0.3 is 5.97 Å². The molecule has 0 saturated heterocycles. The first-order valence-electron chi connectivity index (χ1n) is 7.91. The van der Waals surface area contributed by atoms with Crippen LogP contribution in [0.25, 0.3) is 0 Å². The van der Waals surface area contributed by atoms with E-state index in [1.165, 1.54) is 10.6 Å². The lowest BCUT2D eigenvalue weighted by Gasteiger charge is -2.25. The zero-order chi connectivity index (χ0) is 16.8. The standard InChI is InChI=1S/C21H19O2P/c1-17(23-21(22)18-11-5-2-6-12-18)24(19-13-7-3-8-14-19)20-15-9-4-10-16-20/h2-17H,1H3. The molecule has 1 atom stereocenters. The smallest absolute Gasteiger partial charge is 0.338 e. The van der Waals surface area contributed by atoms with Crippen LogP contribution in [-0.2, 0) is 4.74 Å². The van der Waals surface area contributed by atoms with Crippen molar-refractivity contribution in [2.45, 2.75) is 12.8 Å². The first-order valence-corrected chi connectivity index (χ1v) is 9.32. The molecular weight excluding hydrogens is 315 g/mol. The Hall–Kier alpha value is -2.44. The first kappa shape index (κ1) is 16.4. The van der Waals surface area contributed by atoms with Crippen molar-refractivity contribution >= 4 is 24.5 Å². The molecule has 3 rings (SSSR count). The number of rotatable bonds is 5. The number of hydrogen-bond acceptors (Lipinski definition) is 2. The molecule has 3 aromatic carbocycles. The summed E-state index contributed by atoms with van der Waals surface area (Å²) in [5, 5.41) is 2.40. The Labute approximate surface area is 143 Å². The van der Waals surface area contributed by atoms with Crippen molar-refractivity contribution in [3.8, 4) is 0 Å². The summed E-state index contributed by atoms with van der Waals surface area (Å²) >= 11 is 0. The number of carbonyl (C=O) groups is 1. The van der Waals surface area contributed by atoms with Gasteiger partial charge in [-0.05, 0) is 37.6 Å². The lowest BCUT2D eigenvalue weighted by molar-refractivity contribution is 0.0476. The van der Waals surface area contributed by atoms with Gasteiger partial charge < -0.3 is 4.74 Å². The molecule has 3 heteroatoms. The molecule has 2 nitrogen and oxygen atoms in total. The minimum Gasteiger partial charge on any atom is -0.454 e. The molecule has 0 amide bonds. The normalized spacial score (nSPS) is 11.9. The van der Waals surface area contributed by atoms with E-state index in [2.05, 4.69) is 24.3 Å². The van der Waals surface area contributed by atoms with Crippen LogP contribution in [0.4, 0.5) is 0 Å². The number of benzene rings is 3. The van der Waals surface area contributed by atoms with Gasteiger partial charge in [0.25, 0.3) is 0 Å². The lowest BCUT2D eigenvalue weighted by atomic mass is 10.2. The van der Waals surface area contributed by atoms with Gasteiger partial charge in [0.15, 0.2) is 0 Å². The summed E-state index contributed by atoms with van der Waals surface area (Å²) in [4.78, 5) is 12.4. The van der Waals surface area contributed by atoms with Crippen molar-refractivity contribution in [3.63, 3.8) is 0 Å². The second-order valence-electron chi connectivity index (χ2n) is 5.41. The van der Waals surface area contributed by atoms with E-state index in [0.29, 0.717) is 5.56 Å². The topological polar surface area (TPSA) is 26.3 Å². The van der Waals surface area contributed by atoms with E-state index in [9.17, 15) is 4.79 Å². The maximum Gasteiger partial charge on any atom is 0.338 e. The minimum absolute atomic E-state index is 0.211. The predicted molar refractivity (Wildman–Crippen MR) is 100 cm³/mol. The summed E-state index contributed by atoms with van der Waals surface area (Å²) in [7, 11) is -0.778. The summed E-state index contributed by atoms with van der Waals surface area (Å²) in [5.74, 6) is -0.486. The number of hydrogen-bond donors (Lipinski definition) is 0. The average Bonchev–Trinajstić information content (AvgIpc) is 2.64. The molecular formula is C21H19O2P. The Kier molecular flexibility index (Phi) is 5.40. The van der Waals surface area contributed by atoms with Gasteiger partial charge in [0.2, 0.25) is 0 Å². The molecule has 0 heterocycles. The average molecular weight is 334 g/mol. The van der Waals surface area contributed by atoms with E-state index < -0.39 is 7.92 Å². The van der Waals surface area contributed by atoms with Gasteiger partial charge in [0.1, 0.15) is 5.85 Å². The molecule has 0 N–H and O–H groups in total. The fourth-order valence-electron chi connectivity index (χ4n) is 2.60. The van der Waals surface area contributed by atoms with E-state index in [0.717, 1.165) is 0 Å². The fourth-order valence-corrected chi connectivity index (χ4v) is 4.92. The highest BCUT2D eigenvalue weighted by Crippen LogP contribution is 2.40.